The van der Waals surface area contributed by atoms with E-state index in [1.54, 1.807) is 0 Å². The lowest BCUT2D eigenvalue weighted by molar-refractivity contribution is 1.63. The number of rotatable bonds is 2. The average molecular weight is 99.2 g/mol. The Bertz CT molecular complexity index is 39.2. The van der Waals surface area contributed by atoms with Crippen LogP contribution in [0.5, 0.6) is 0 Å². The SMILES string of the molecule is C=CC[Si](C)C. The molecule has 0 aromatic carbocycles. The molecule has 0 saturated heterocycles. The van der Waals surface area contributed by atoms with Gasteiger partial charge in [-0.15, -0.1) is 6.58 Å². The van der Waals surface area contributed by atoms with E-state index < -0.39 is 0 Å². The monoisotopic (exact) mass is 99.1 g/mol. The van der Waals surface area contributed by atoms with Crippen LogP contribution in [0.4, 0.5) is 0 Å². The van der Waals surface area contributed by atoms with E-state index in [0.717, 1.165) is 0 Å². The average Bonchev–Trinajstić information content (AvgIpc) is 1.35. The summed E-state index contributed by atoms with van der Waals surface area (Å²) in [4.78, 5) is 0. The van der Waals surface area contributed by atoms with E-state index in [1.807, 2.05) is 6.08 Å². The summed E-state index contributed by atoms with van der Waals surface area (Å²) < 4.78 is 0. The van der Waals surface area contributed by atoms with Crippen LogP contribution in [0.2, 0.25) is 19.1 Å². The van der Waals surface area contributed by atoms with Gasteiger partial charge in [-0.25, -0.2) is 0 Å². The van der Waals surface area contributed by atoms with E-state index in [-0.39, 0.29) is 8.80 Å². The molecule has 0 atom stereocenters. The molecule has 0 aromatic heterocycles. The van der Waals surface area contributed by atoms with E-state index in [1.165, 1.54) is 6.04 Å². The standard InChI is InChI=1S/C5H11Si/c1-4-5-6(2)3/h4H,1,5H2,2-3H3. The molecule has 0 amide bonds. The summed E-state index contributed by atoms with van der Waals surface area (Å²) in [6.07, 6.45) is 1.99. The smallest absolute Gasteiger partial charge is 0.0452 e. The van der Waals surface area contributed by atoms with Crippen LogP contribution >= 0.6 is 0 Å². The summed E-state index contributed by atoms with van der Waals surface area (Å²) in [6, 6.07) is 1.24. The molecule has 0 spiro atoms. The minimum atomic E-state index is -0.00360. The van der Waals surface area contributed by atoms with Crippen molar-refractivity contribution in [2.45, 2.75) is 19.1 Å². The first-order valence-corrected chi connectivity index (χ1v) is 4.88. The van der Waals surface area contributed by atoms with Crippen molar-refractivity contribution in [1.82, 2.24) is 0 Å². The number of hydrogen-bond donors (Lipinski definition) is 0. The van der Waals surface area contributed by atoms with Crippen molar-refractivity contribution in [3.63, 3.8) is 0 Å². The molecule has 35 valence electrons. The summed E-state index contributed by atoms with van der Waals surface area (Å²) >= 11 is 0. The van der Waals surface area contributed by atoms with Crippen LogP contribution in [0, 0.1) is 0 Å². The molecule has 0 bridgehead atoms. The fourth-order valence-electron chi connectivity index (χ4n) is 0.289. The van der Waals surface area contributed by atoms with Crippen LogP contribution in [0.3, 0.4) is 0 Å². The van der Waals surface area contributed by atoms with Gasteiger partial charge in [0, 0.05) is 8.80 Å². The van der Waals surface area contributed by atoms with Crippen molar-refractivity contribution < 1.29 is 0 Å². The maximum Gasteiger partial charge on any atom is 0.0452 e. The Balaban J connectivity index is 2.81. The second-order valence-electron chi connectivity index (χ2n) is 1.70. The van der Waals surface area contributed by atoms with Crippen LogP contribution in [-0.2, 0) is 0 Å². The molecule has 6 heavy (non-hydrogen) atoms. The van der Waals surface area contributed by atoms with Crippen molar-refractivity contribution in [2.24, 2.45) is 0 Å². The van der Waals surface area contributed by atoms with Gasteiger partial charge in [0.1, 0.15) is 0 Å². The van der Waals surface area contributed by atoms with Crippen molar-refractivity contribution in [3.8, 4) is 0 Å². The Morgan fingerprint density at radius 2 is 2.17 bits per heavy atom. The van der Waals surface area contributed by atoms with Crippen LogP contribution < -0.4 is 0 Å². The quantitative estimate of drug-likeness (QED) is 0.366. The second-order valence-corrected chi connectivity index (χ2v) is 4.52. The molecule has 1 radical (unpaired) electrons. The third kappa shape index (κ3) is 3.96. The Morgan fingerprint density at radius 1 is 1.67 bits per heavy atom. The summed E-state index contributed by atoms with van der Waals surface area (Å²) in [5.74, 6) is 0. The zero-order valence-corrected chi connectivity index (χ0v) is 5.49. The largest absolute Gasteiger partial charge is 0.103 e. The summed E-state index contributed by atoms with van der Waals surface area (Å²) in [6.45, 7) is 8.19. The van der Waals surface area contributed by atoms with Gasteiger partial charge in [0.2, 0.25) is 0 Å². The summed E-state index contributed by atoms with van der Waals surface area (Å²) in [5.41, 5.74) is 0. The minimum absolute atomic E-state index is 0.00360. The molecule has 0 saturated carbocycles. The lowest BCUT2D eigenvalue weighted by Crippen LogP contribution is -1.93. The highest BCUT2D eigenvalue weighted by atomic mass is 28.3. The van der Waals surface area contributed by atoms with Crippen LogP contribution in [0.25, 0.3) is 0 Å². The van der Waals surface area contributed by atoms with Gasteiger partial charge in [0.25, 0.3) is 0 Å². The highest BCUT2D eigenvalue weighted by Gasteiger charge is 1.85. The van der Waals surface area contributed by atoms with Gasteiger partial charge in [-0.05, 0) is 6.04 Å². The van der Waals surface area contributed by atoms with E-state index in [2.05, 4.69) is 19.7 Å². The van der Waals surface area contributed by atoms with Gasteiger partial charge < -0.3 is 0 Å². The van der Waals surface area contributed by atoms with Crippen molar-refractivity contribution in [2.75, 3.05) is 0 Å². The summed E-state index contributed by atoms with van der Waals surface area (Å²) in [5, 5.41) is 0. The highest BCUT2D eigenvalue weighted by molar-refractivity contribution is 6.56. The Morgan fingerprint density at radius 3 is 2.17 bits per heavy atom. The fourth-order valence-corrected chi connectivity index (χ4v) is 0.866. The first-order valence-electron chi connectivity index (χ1n) is 2.17. The van der Waals surface area contributed by atoms with Gasteiger partial charge in [0.15, 0.2) is 0 Å². The molecular formula is C5H11Si. The van der Waals surface area contributed by atoms with E-state index in [0.29, 0.717) is 0 Å². The van der Waals surface area contributed by atoms with Crippen molar-refractivity contribution in [1.29, 1.82) is 0 Å². The van der Waals surface area contributed by atoms with Crippen LogP contribution in [-0.4, -0.2) is 8.80 Å². The van der Waals surface area contributed by atoms with Crippen LogP contribution in [0.1, 0.15) is 0 Å². The number of hydrogen-bond acceptors (Lipinski definition) is 0. The molecule has 0 rings (SSSR count). The Kier molecular flexibility index (Phi) is 3.14. The van der Waals surface area contributed by atoms with E-state index in [9.17, 15) is 0 Å². The van der Waals surface area contributed by atoms with Gasteiger partial charge in [0.05, 0.1) is 0 Å². The van der Waals surface area contributed by atoms with Crippen molar-refractivity contribution >= 4 is 8.80 Å². The maximum atomic E-state index is 3.63. The third-order valence-electron chi connectivity index (χ3n) is 0.553. The lowest BCUT2D eigenvalue weighted by atomic mass is 10.8. The molecule has 0 fully saturated rings. The minimum Gasteiger partial charge on any atom is -0.103 e. The molecule has 0 aromatic rings. The zero-order chi connectivity index (χ0) is 4.99. The zero-order valence-electron chi connectivity index (χ0n) is 4.49. The van der Waals surface area contributed by atoms with Crippen molar-refractivity contribution in [3.05, 3.63) is 12.7 Å². The van der Waals surface area contributed by atoms with Gasteiger partial charge in [-0.2, -0.15) is 0 Å². The predicted molar refractivity (Wildman–Crippen MR) is 32.5 cm³/mol. The normalized spacial score (nSPS) is 9.17. The van der Waals surface area contributed by atoms with Crippen LogP contribution in [0.15, 0.2) is 12.7 Å². The first kappa shape index (κ1) is 5.96. The lowest BCUT2D eigenvalue weighted by Gasteiger charge is -1.89. The molecule has 0 nitrogen and oxygen atoms in total. The first-order chi connectivity index (χ1) is 2.77. The maximum absolute atomic E-state index is 3.63. The molecule has 0 aliphatic heterocycles. The molecule has 0 unspecified atom stereocenters. The Labute approximate surface area is 41.5 Å². The second kappa shape index (κ2) is 3.16. The fraction of sp³-hybridized carbons (Fsp3) is 0.600. The topological polar surface area (TPSA) is 0 Å². The highest BCUT2D eigenvalue weighted by Crippen LogP contribution is 1.87. The van der Waals surface area contributed by atoms with Gasteiger partial charge in [-0.3, -0.25) is 0 Å². The Hall–Kier alpha value is -0.0431. The summed E-state index contributed by atoms with van der Waals surface area (Å²) in [7, 11) is -0.00360. The van der Waals surface area contributed by atoms with Gasteiger partial charge in [-0.1, -0.05) is 19.2 Å². The molecule has 1 heteroatoms. The molecule has 0 N–H and O–H groups in total. The van der Waals surface area contributed by atoms with E-state index in [4.69, 9.17) is 0 Å². The van der Waals surface area contributed by atoms with E-state index >= 15 is 0 Å². The predicted octanol–water partition coefficient (Wildman–Crippen LogP) is 1.93. The molecule has 0 aliphatic carbocycles. The molecular weight excluding hydrogens is 88.1 g/mol. The van der Waals surface area contributed by atoms with Gasteiger partial charge >= 0.3 is 0 Å². The molecule has 0 aliphatic rings. The number of allylic oxidation sites excluding steroid dienone is 1. The molecule has 0 heterocycles. The third-order valence-corrected chi connectivity index (χ3v) is 1.66.